The number of rotatable bonds is 35. The number of hydrogen-bond acceptors (Lipinski definition) is 2. The topological polar surface area (TPSA) is 6.48 Å². The predicted octanol–water partition coefficient (Wildman–Crippen LogP) is 13.9. The number of hydrogen-bond donors (Lipinski definition) is 0. The van der Waals surface area contributed by atoms with Gasteiger partial charge >= 0.3 is 0 Å². The summed E-state index contributed by atoms with van der Waals surface area (Å²) in [7, 11) is 0. The van der Waals surface area contributed by atoms with Crippen LogP contribution in [0.1, 0.15) is 226 Å². The van der Waals surface area contributed by atoms with E-state index in [1.807, 2.05) is 0 Å². The highest BCUT2D eigenvalue weighted by molar-refractivity contribution is 4.90. The summed E-state index contributed by atoms with van der Waals surface area (Å²) in [4.78, 5) is 5.08. The third-order valence-corrected chi connectivity index (χ3v) is 9.70. The van der Waals surface area contributed by atoms with E-state index in [9.17, 15) is 0 Å². The van der Waals surface area contributed by atoms with Gasteiger partial charge in [-0.1, -0.05) is 213 Å². The van der Waals surface area contributed by atoms with Crippen molar-refractivity contribution in [3.05, 3.63) is 12.4 Å². The quantitative estimate of drug-likeness (QED) is 0.0679. The normalized spacial score (nSPS) is 13.2. The molecule has 0 aromatic carbocycles. The first-order valence-corrected chi connectivity index (χ1v) is 20.0. The number of nitrogens with zero attached hydrogens (tertiary/aromatic N) is 2. The molecule has 0 radical (unpaired) electrons. The van der Waals surface area contributed by atoms with Gasteiger partial charge in [0.15, 0.2) is 0 Å². The van der Waals surface area contributed by atoms with E-state index in [2.05, 4.69) is 36.0 Å². The van der Waals surface area contributed by atoms with E-state index in [4.69, 9.17) is 0 Å². The largest absolute Gasteiger partial charge is 0.359 e. The van der Waals surface area contributed by atoms with E-state index >= 15 is 0 Å². The molecule has 0 atom stereocenters. The molecule has 0 N–H and O–H groups in total. The first-order chi connectivity index (χ1) is 20.9. The minimum absolute atomic E-state index is 1.14. The Balaban J connectivity index is 1.73. The summed E-state index contributed by atoms with van der Waals surface area (Å²) >= 11 is 0. The van der Waals surface area contributed by atoms with Gasteiger partial charge in [0.05, 0.1) is 6.67 Å². The maximum absolute atomic E-state index is 2.54. The lowest BCUT2D eigenvalue weighted by Gasteiger charge is -2.21. The van der Waals surface area contributed by atoms with Crippen LogP contribution in [-0.2, 0) is 0 Å². The molecule has 1 heterocycles. The minimum atomic E-state index is 1.14. The molecule has 1 aliphatic heterocycles. The summed E-state index contributed by atoms with van der Waals surface area (Å²) < 4.78 is 0. The fraction of sp³-hybridized carbons (Fsp3) is 0.950. The Hall–Kier alpha value is -0.660. The van der Waals surface area contributed by atoms with Crippen molar-refractivity contribution < 1.29 is 0 Å². The second-order valence-corrected chi connectivity index (χ2v) is 14.0. The van der Waals surface area contributed by atoms with Crippen molar-refractivity contribution in [3.8, 4) is 0 Å². The van der Waals surface area contributed by atoms with Crippen molar-refractivity contribution in [3.63, 3.8) is 0 Å². The molecule has 0 unspecified atom stereocenters. The lowest BCUT2D eigenvalue weighted by molar-refractivity contribution is 0.257. The van der Waals surface area contributed by atoms with Crippen molar-refractivity contribution in [2.24, 2.45) is 0 Å². The predicted molar refractivity (Wildman–Crippen MR) is 191 cm³/mol. The van der Waals surface area contributed by atoms with Crippen LogP contribution in [0.5, 0.6) is 0 Å². The molecule has 0 spiro atoms. The Bertz CT molecular complexity index is 530. The molecule has 0 aromatic heterocycles. The van der Waals surface area contributed by atoms with Crippen LogP contribution in [0.15, 0.2) is 12.4 Å². The van der Waals surface area contributed by atoms with Crippen LogP contribution in [0.2, 0.25) is 0 Å². The Kier molecular flexibility index (Phi) is 31.2. The van der Waals surface area contributed by atoms with Crippen LogP contribution in [0.4, 0.5) is 0 Å². The molecular weight excluding hydrogens is 508 g/mol. The first-order valence-electron chi connectivity index (χ1n) is 20.0. The van der Waals surface area contributed by atoms with Crippen LogP contribution in [0.25, 0.3) is 0 Å². The van der Waals surface area contributed by atoms with Crippen LogP contribution >= 0.6 is 0 Å². The Labute approximate surface area is 267 Å². The lowest BCUT2D eigenvalue weighted by atomic mass is 10.0. The fourth-order valence-corrected chi connectivity index (χ4v) is 6.71. The fourth-order valence-electron chi connectivity index (χ4n) is 6.71. The maximum atomic E-state index is 2.54. The van der Waals surface area contributed by atoms with E-state index < -0.39 is 0 Å². The van der Waals surface area contributed by atoms with Gasteiger partial charge in [0, 0.05) is 25.5 Å². The van der Waals surface area contributed by atoms with E-state index in [1.54, 1.807) is 0 Å². The molecule has 0 saturated heterocycles. The molecule has 2 heteroatoms. The van der Waals surface area contributed by atoms with Gasteiger partial charge in [0.25, 0.3) is 0 Å². The molecule has 0 bridgehead atoms. The standard InChI is InChI=1S/C40H80N2/c1-3-5-7-9-11-13-15-17-19-21-23-25-27-29-31-33-35-37-42-39-38-41(40-42)36-34-32-30-28-26-24-22-20-18-16-14-12-10-8-6-4-2/h38-39H,3-37,40H2,1-2H3. The van der Waals surface area contributed by atoms with Crippen molar-refractivity contribution in [2.45, 2.75) is 226 Å². The second kappa shape index (κ2) is 33.2. The van der Waals surface area contributed by atoms with Gasteiger partial charge in [-0.25, -0.2) is 0 Å². The third-order valence-electron chi connectivity index (χ3n) is 9.70. The smallest absolute Gasteiger partial charge is 0.0893 e. The second-order valence-electron chi connectivity index (χ2n) is 14.0. The summed E-state index contributed by atoms with van der Waals surface area (Å²) in [6.45, 7) is 8.26. The molecule has 0 aliphatic carbocycles. The van der Waals surface area contributed by atoms with Crippen molar-refractivity contribution >= 4 is 0 Å². The van der Waals surface area contributed by atoms with Crippen molar-refractivity contribution in [2.75, 3.05) is 19.8 Å². The molecule has 1 aliphatic rings. The van der Waals surface area contributed by atoms with Gasteiger partial charge in [-0.15, -0.1) is 0 Å². The van der Waals surface area contributed by atoms with E-state index in [-0.39, 0.29) is 0 Å². The molecular formula is C40H80N2. The molecule has 0 saturated carbocycles. The zero-order valence-corrected chi connectivity index (χ0v) is 29.5. The van der Waals surface area contributed by atoms with Crippen LogP contribution in [0, 0.1) is 0 Å². The van der Waals surface area contributed by atoms with Crippen LogP contribution in [-0.4, -0.2) is 29.6 Å². The molecule has 2 nitrogen and oxygen atoms in total. The maximum Gasteiger partial charge on any atom is 0.0893 e. The van der Waals surface area contributed by atoms with E-state index in [0.29, 0.717) is 0 Å². The summed E-state index contributed by atoms with van der Waals surface area (Å²) in [5, 5.41) is 0. The SMILES string of the molecule is CCCCCCCCCCCCCCCCCCCN1C=CN(CCCCCCCCCCCCCCCCCC)C1. The Morgan fingerprint density at radius 2 is 0.476 bits per heavy atom. The zero-order valence-electron chi connectivity index (χ0n) is 29.5. The summed E-state index contributed by atoms with van der Waals surface area (Å²) in [5.41, 5.74) is 0. The van der Waals surface area contributed by atoms with Gasteiger partial charge in [0.1, 0.15) is 0 Å². The van der Waals surface area contributed by atoms with Crippen molar-refractivity contribution in [1.82, 2.24) is 9.80 Å². The Morgan fingerprint density at radius 3 is 0.690 bits per heavy atom. The highest BCUT2D eigenvalue weighted by Gasteiger charge is 2.11. The van der Waals surface area contributed by atoms with Crippen molar-refractivity contribution in [1.29, 1.82) is 0 Å². The van der Waals surface area contributed by atoms with Crippen LogP contribution < -0.4 is 0 Å². The molecule has 1 rings (SSSR count). The highest BCUT2D eigenvalue weighted by atomic mass is 15.3. The van der Waals surface area contributed by atoms with Gasteiger partial charge in [0.2, 0.25) is 0 Å². The van der Waals surface area contributed by atoms with Gasteiger partial charge in [-0.3, -0.25) is 0 Å². The monoisotopic (exact) mass is 589 g/mol. The molecule has 42 heavy (non-hydrogen) atoms. The molecule has 0 amide bonds. The van der Waals surface area contributed by atoms with E-state index in [1.165, 1.54) is 225 Å². The highest BCUT2D eigenvalue weighted by Crippen LogP contribution is 2.17. The summed E-state index contributed by atoms with van der Waals surface area (Å²) in [6, 6.07) is 0. The van der Waals surface area contributed by atoms with Gasteiger partial charge < -0.3 is 9.80 Å². The number of unbranched alkanes of at least 4 members (excludes halogenated alkanes) is 31. The average molecular weight is 589 g/mol. The Morgan fingerprint density at radius 1 is 0.286 bits per heavy atom. The lowest BCUT2D eigenvalue weighted by Crippen LogP contribution is -2.26. The van der Waals surface area contributed by atoms with Gasteiger partial charge in [-0.2, -0.15) is 0 Å². The van der Waals surface area contributed by atoms with Gasteiger partial charge in [-0.05, 0) is 12.8 Å². The van der Waals surface area contributed by atoms with E-state index in [0.717, 1.165) is 6.67 Å². The molecule has 250 valence electrons. The summed E-state index contributed by atoms with van der Waals surface area (Å²) in [5.74, 6) is 0. The average Bonchev–Trinajstić information content (AvgIpc) is 3.46. The molecule has 0 aromatic rings. The van der Waals surface area contributed by atoms with Crippen LogP contribution in [0.3, 0.4) is 0 Å². The zero-order chi connectivity index (χ0) is 30.0. The third kappa shape index (κ3) is 28.1. The summed E-state index contributed by atoms with van der Waals surface area (Å²) in [6.07, 6.45) is 52.7. The first kappa shape index (κ1) is 39.4. The molecule has 0 fully saturated rings. The minimum Gasteiger partial charge on any atom is -0.359 e.